The smallest absolute Gasteiger partial charge is 0.144 e. The first kappa shape index (κ1) is 72.2. The SMILES string of the molecule is CCCCCCCC1(CCCCCCC)c2cc(N(c3ccc4c(c3)C3(c5ccccc5-c5ccccc53)c3cc5c(cc3-4)C3(c4ccccc4-c4ccccc43)c3ccc4oc6ccccc6c4c3-5)c3ccc4ccccc4c3)ccc2-c2c1c1c(c3c2oc2ccccc23)-c2ccccc2C1(CCCCCCC)CCCCCCC. The number of hydrogen-bond donors (Lipinski definition) is 0. The maximum atomic E-state index is 7.76. The summed E-state index contributed by atoms with van der Waals surface area (Å²) in [5.74, 6) is 0. The van der Waals surface area contributed by atoms with E-state index in [9.17, 15) is 0 Å². The Hall–Kier alpha value is -11.3. The molecule has 0 bridgehead atoms. The number of benzene rings is 14. The fourth-order valence-corrected chi connectivity index (χ4v) is 24.5. The summed E-state index contributed by atoms with van der Waals surface area (Å²) in [4.78, 5) is 2.69. The Morgan fingerprint density at radius 2 is 0.632 bits per heavy atom. The molecule has 3 nitrogen and oxygen atoms in total. The highest BCUT2D eigenvalue weighted by molar-refractivity contribution is 6.22. The zero-order valence-corrected chi connectivity index (χ0v) is 68.7. The quantitative estimate of drug-likeness (QED) is 0.0481. The van der Waals surface area contributed by atoms with Crippen molar-refractivity contribution in [3.63, 3.8) is 0 Å². The lowest BCUT2D eigenvalue weighted by atomic mass is 9.62. The molecule has 2 aromatic heterocycles. The summed E-state index contributed by atoms with van der Waals surface area (Å²) in [6, 6.07) is 107. The Kier molecular flexibility index (Phi) is 17.8. The Morgan fingerprint density at radius 3 is 1.21 bits per heavy atom. The summed E-state index contributed by atoms with van der Waals surface area (Å²) in [7, 11) is 0. The highest BCUT2D eigenvalue weighted by Gasteiger charge is 2.59. The number of nitrogens with zero attached hydrogens (tertiary/aromatic N) is 1. The topological polar surface area (TPSA) is 29.5 Å². The summed E-state index contributed by atoms with van der Waals surface area (Å²) < 4.78 is 14.7. The molecule has 578 valence electrons. The molecule has 0 saturated carbocycles. The molecule has 0 atom stereocenters. The van der Waals surface area contributed by atoms with Gasteiger partial charge in [-0.1, -0.05) is 362 Å². The van der Waals surface area contributed by atoms with Crippen molar-refractivity contribution in [2.75, 3.05) is 4.90 Å². The highest BCUT2D eigenvalue weighted by Crippen LogP contribution is 2.72. The molecule has 0 saturated heterocycles. The van der Waals surface area contributed by atoms with E-state index in [1.54, 1.807) is 16.7 Å². The van der Waals surface area contributed by atoms with Crippen molar-refractivity contribution in [3.8, 4) is 66.8 Å². The molecule has 117 heavy (non-hydrogen) atoms. The molecule has 3 heteroatoms. The van der Waals surface area contributed by atoms with Crippen LogP contribution in [0.4, 0.5) is 17.1 Å². The number of para-hydroxylation sites is 2. The van der Waals surface area contributed by atoms with Crippen LogP contribution in [0.1, 0.15) is 249 Å². The van der Waals surface area contributed by atoms with Crippen LogP contribution in [0.25, 0.3) is 121 Å². The highest BCUT2D eigenvalue weighted by atomic mass is 16.3. The number of fused-ring (bicyclic) bond motifs is 37. The van der Waals surface area contributed by atoms with Gasteiger partial charge < -0.3 is 13.7 Å². The average Bonchev–Trinajstić information content (AvgIpc) is 1.49. The van der Waals surface area contributed by atoms with Crippen LogP contribution in [0.3, 0.4) is 0 Å². The molecular weight excluding hydrogens is 1420 g/mol. The van der Waals surface area contributed by atoms with Crippen LogP contribution in [-0.4, -0.2) is 0 Å². The van der Waals surface area contributed by atoms with E-state index in [0.717, 1.165) is 64.8 Å². The molecular formula is C114H105NO2. The molecule has 16 aromatic rings. The number of anilines is 3. The summed E-state index contributed by atoms with van der Waals surface area (Å²) in [6.07, 6.45) is 29.4. The minimum absolute atomic E-state index is 0.176. The van der Waals surface area contributed by atoms with E-state index in [0.29, 0.717) is 0 Å². The van der Waals surface area contributed by atoms with Gasteiger partial charge in [-0.15, -0.1) is 0 Å². The van der Waals surface area contributed by atoms with E-state index in [1.165, 1.54) is 278 Å². The lowest BCUT2D eigenvalue weighted by Crippen LogP contribution is -2.33. The van der Waals surface area contributed by atoms with E-state index >= 15 is 0 Å². The molecule has 0 aliphatic heterocycles. The second-order valence-electron chi connectivity index (χ2n) is 35.6. The zero-order chi connectivity index (χ0) is 78.1. The predicted octanol–water partition coefficient (Wildman–Crippen LogP) is 32.8. The molecule has 2 spiro atoms. The molecule has 0 N–H and O–H groups in total. The van der Waals surface area contributed by atoms with E-state index < -0.39 is 10.8 Å². The van der Waals surface area contributed by atoms with Crippen LogP contribution in [0.5, 0.6) is 0 Å². The first-order valence-corrected chi connectivity index (χ1v) is 45.1. The van der Waals surface area contributed by atoms with Gasteiger partial charge in [-0.25, -0.2) is 0 Å². The molecule has 6 aliphatic rings. The van der Waals surface area contributed by atoms with Crippen molar-refractivity contribution in [1.29, 1.82) is 0 Å². The van der Waals surface area contributed by atoms with Crippen molar-refractivity contribution in [2.45, 2.75) is 203 Å². The van der Waals surface area contributed by atoms with Gasteiger partial charge in [-0.05, 0) is 231 Å². The number of furan rings is 2. The lowest BCUT2D eigenvalue weighted by Gasteiger charge is -2.40. The fraction of sp³-hybridized carbons (Fsp3) is 0.281. The Balaban J connectivity index is 0.813. The number of hydrogen-bond acceptors (Lipinski definition) is 3. The van der Waals surface area contributed by atoms with Gasteiger partial charge in [-0.3, -0.25) is 0 Å². The van der Waals surface area contributed by atoms with Crippen LogP contribution in [0.2, 0.25) is 0 Å². The van der Waals surface area contributed by atoms with Gasteiger partial charge in [0.1, 0.15) is 22.3 Å². The summed E-state index contributed by atoms with van der Waals surface area (Å²) in [5, 5.41) is 7.38. The summed E-state index contributed by atoms with van der Waals surface area (Å²) in [5.41, 5.74) is 38.6. The van der Waals surface area contributed by atoms with Crippen LogP contribution in [0, 0.1) is 0 Å². The van der Waals surface area contributed by atoms with Gasteiger partial charge in [0.25, 0.3) is 0 Å². The van der Waals surface area contributed by atoms with Gasteiger partial charge in [-0.2, -0.15) is 0 Å². The molecule has 0 unspecified atom stereocenters. The second-order valence-corrected chi connectivity index (χ2v) is 35.6. The Bertz CT molecular complexity index is 6520. The van der Waals surface area contributed by atoms with Gasteiger partial charge in [0.05, 0.1) is 10.8 Å². The third-order valence-corrected chi connectivity index (χ3v) is 29.4. The minimum Gasteiger partial charge on any atom is -0.456 e. The van der Waals surface area contributed by atoms with Crippen LogP contribution < -0.4 is 4.90 Å². The van der Waals surface area contributed by atoms with Crippen molar-refractivity contribution >= 4 is 71.7 Å². The van der Waals surface area contributed by atoms with Crippen molar-refractivity contribution in [3.05, 3.63) is 340 Å². The maximum Gasteiger partial charge on any atom is 0.144 e. The standard InChI is InChI=1S/C114H105NO2/c1-5-9-13-17-37-65-111(66-38-18-14-10-6-2)90-50-30-27-47-84(90)105-106-87-49-29-36-56-101(87)117-110(106)107-85-62-60-77(70-96(85)112(109(107)108(105)111,67-39-19-15-11-7-3)68-40-20-16-12-8-4)115(76-58-57-74-41-21-22-42-75(74)69-76)78-59-61-83-88-72-99-89(73-98(88)114(97(83)71-78)93-53-33-25-45-81(93)82-46-26-34-54-94(82)114)103-95(63-64-102-104(103)86-48-28-35-55-100(86)116-102)113(99)91-51-31-23-43-79(91)80-44-24-32-52-92(80)113/h21-36,41-64,69-73H,5-20,37-40,65-68H2,1-4H3. The number of unbranched alkanes of at least 4 members (excludes halogenated alkanes) is 16. The largest absolute Gasteiger partial charge is 0.456 e. The van der Waals surface area contributed by atoms with Gasteiger partial charge in [0, 0.05) is 55.0 Å². The molecule has 2 heterocycles. The van der Waals surface area contributed by atoms with Crippen molar-refractivity contribution in [2.24, 2.45) is 0 Å². The monoisotopic (exact) mass is 1520 g/mol. The molecule has 0 fully saturated rings. The first-order valence-electron chi connectivity index (χ1n) is 45.1. The normalized spacial score (nSPS) is 14.9. The summed E-state index contributed by atoms with van der Waals surface area (Å²) >= 11 is 0. The molecule has 0 radical (unpaired) electrons. The van der Waals surface area contributed by atoms with E-state index in [4.69, 9.17) is 8.83 Å². The van der Waals surface area contributed by atoms with Gasteiger partial charge in [0.2, 0.25) is 0 Å². The molecule has 6 aliphatic carbocycles. The third kappa shape index (κ3) is 10.5. The second kappa shape index (κ2) is 28.8. The van der Waals surface area contributed by atoms with Crippen LogP contribution in [-0.2, 0) is 21.7 Å². The maximum absolute atomic E-state index is 7.76. The van der Waals surface area contributed by atoms with E-state index in [2.05, 4.69) is 306 Å². The first-order chi connectivity index (χ1) is 57.9. The van der Waals surface area contributed by atoms with Crippen LogP contribution >= 0.6 is 0 Å². The third-order valence-electron chi connectivity index (χ3n) is 29.4. The summed E-state index contributed by atoms with van der Waals surface area (Å²) in [6.45, 7) is 9.51. The van der Waals surface area contributed by atoms with Gasteiger partial charge >= 0.3 is 0 Å². The molecule has 0 amide bonds. The van der Waals surface area contributed by atoms with Crippen molar-refractivity contribution in [1.82, 2.24) is 0 Å². The number of rotatable bonds is 27. The molecule has 14 aromatic carbocycles. The fourth-order valence-electron chi connectivity index (χ4n) is 24.5. The predicted molar refractivity (Wildman–Crippen MR) is 492 cm³/mol. The zero-order valence-electron chi connectivity index (χ0n) is 68.7. The van der Waals surface area contributed by atoms with E-state index in [-0.39, 0.29) is 10.8 Å². The van der Waals surface area contributed by atoms with Crippen molar-refractivity contribution < 1.29 is 8.83 Å². The Labute approximate surface area is 690 Å². The Morgan fingerprint density at radius 1 is 0.239 bits per heavy atom. The molecule has 22 rings (SSSR count). The minimum atomic E-state index is -0.704. The van der Waals surface area contributed by atoms with Gasteiger partial charge in [0.15, 0.2) is 0 Å². The van der Waals surface area contributed by atoms with Crippen LogP contribution in [0.15, 0.2) is 282 Å². The van der Waals surface area contributed by atoms with E-state index in [1.807, 2.05) is 0 Å². The average molecular weight is 1520 g/mol. The lowest BCUT2D eigenvalue weighted by molar-refractivity contribution is 0.369.